The Bertz CT molecular complexity index is 752. The Morgan fingerprint density at radius 1 is 1.13 bits per heavy atom. The third-order valence-electron chi connectivity index (χ3n) is 3.96. The van der Waals surface area contributed by atoms with Gasteiger partial charge in [0.25, 0.3) is 0 Å². The predicted octanol–water partition coefficient (Wildman–Crippen LogP) is 0.485. The van der Waals surface area contributed by atoms with Gasteiger partial charge in [0.05, 0.1) is 9.79 Å². The van der Waals surface area contributed by atoms with Crippen molar-refractivity contribution < 1.29 is 16.8 Å². The smallest absolute Gasteiger partial charge is 0.243 e. The van der Waals surface area contributed by atoms with Gasteiger partial charge in [0.15, 0.2) is 0 Å². The van der Waals surface area contributed by atoms with Crippen molar-refractivity contribution in [2.24, 2.45) is 5.73 Å². The lowest BCUT2D eigenvalue weighted by Gasteiger charge is -2.32. The van der Waals surface area contributed by atoms with E-state index in [9.17, 15) is 16.8 Å². The molecule has 0 bridgehead atoms. The van der Waals surface area contributed by atoms with E-state index in [1.807, 2.05) is 0 Å². The fourth-order valence-corrected chi connectivity index (χ4v) is 5.45. The second-order valence-electron chi connectivity index (χ2n) is 5.61. The summed E-state index contributed by atoms with van der Waals surface area (Å²) >= 11 is 0. The van der Waals surface area contributed by atoms with Crippen LogP contribution in [0.1, 0.15) is 26.7 Å². The standard InChI is InChI=1S/C14H23N3O4S2/c1-3-17(4-2)23(20,21)14-7-5-6-13(10-14)22(18,19)16-12-8-11(15)9-12/h5-7,10-12,16H,3-4,8-9,15H2,1-2H3. The first-order valence-corrected chi connectivity index (χ1v) is 10.5. The summed E-state index contributed by atoms with van der Waals surface area (Å²) in [6.45, 7) is 4.13. The summed E-state index contributed by atoms with van der Waals surface area (Å²) in [5.41, 5.74) is 5.65. The minimum absolute atomic E-state index is 0.0191. The zero-order chi connectivity index (χ0) is 17.3. The van der Waals surface area contributed by atoms with Crippen LogP contribution < -0.4 is 10.5 Å². The van der Waals surface area contributed by atoms with Crippen molar-refractivity contribution in [2.75, 3.05) is 13.1 Å². The summed E-state index contributed by atoms with van der Waals surface area (Å²) in [6, 6.07) is 5.29. The molecule has 1 aromatic carbocycles. The average Bonchev–Trinajstić information content (AvgIpc) is 2.46. The van der Waals surface area contributed by atoms with Crippen molar-refractivity contribution in [3.63, 3.8) is 0 Å². The number of sulfonamides is 2. The molecule has 1 aromatic rings. The molecule has 0 radical (unpaired) electrons. The molecule has 9 heteroatoms. The van der Waals surface area contributed by atoms with Crippen LogP contribution in [-0.2, 0) is 20.0 Å². The quantitative estimate of drug-likeness (QED) is 0.734. The molecule has 1 fully saturated rings. The molecule has 0 heterocycles. The SMILES string of the molecule is CCN(CC)S(=O)(=O)c1cccc(S(=O)(=O)NC2CC(N)C2)c1. The molecular formula is C14H23N3O4S2. The number of nitrogens with one attached hydrogen (secondary N) is 1. The number of rotatable bonds is 7. The second kappa shape index (κ2) is 6.86. The van der Waals surface area contributed by atoms with E-state index in [0.717, 1.165) is 0 Å². The van der Waals surface area contributed by atoms with Crippen LogP contribution in [0, 0.1) is 0 Å². The molecule has 0 atom stereocenters. The molecule has 0 saturated heterocycles. The summed E-state index contributed by atoms with van der Waals surface area (Å²) in [4.78, 5) is -0.0689. The summed E-state index contributed by atoms with van der Waals surface area (Å²) in [5.74, 6) is 0. The maximum absolute atomic E-state index is 12.5. The third-order valence-corrected chi connectivity index (χ3v) is 7.52. The van der Waals surface area contributed by atoms with Crippen LogP contribution in [0.3, 0.4) is 0 Å². The number of benzene rings is 1. The first-order valence-electron chi connectivity index (χ1n) is 7.58. The van der Waals surface area contributed by atoms with Crippen LogP contribution in [-0.4, -0.2) is 46.3 Å². The molecule has 0 aromatic heterocycles. The molecule has 23 heavy (non-hydrogen) atoms. The van der Waals surface area contributed by atoms with Crippen LogP contribution in [0.25, 0.3) is 0 Å². The van der Waals surface area contributed by atoms with Crippen molar-refractivity contribution in [3.05, 3.63) is 24.3 Å². The molecular weight excluding hydrogens is 338 g/mol. The Morgan fingerprint density at radius 2 is 1.70 bits per heavy atom. The Balaban J connectivity index is 2.29. The highest BCUT2D eigenvalue weighted by Crippen LogP contribution is 2.23. The summed E-state index contributed by atoms with van der Waals surface area (Å²) in [5, 5.41) is 0. The highest BCUT2D eigenvalue weighted by Gasteiger charge is 2.31. The van der Waals surface area contributed by atoms with E-state index < -0.39 is 20.0 Å². The Morgan fingerprint density at radius 3 is 2.22 bits per heavy atom. The van der Waals surface area contributed by atoms with Gasteiger partial charge >= 0.3 is 0 Å². The van der Waals surface area contributed by atoms with Crippen molar-refractivity contribution in [2.45, 2.75) is 48.6 Å². The molecule has 0 unspecified atom stereocenters. The summed E-state index contributed by atoms with van der Waals surface area (Å²) in [7, 11) is -7.45. The van der Waals surface area contributed by atoms with Gasteiger partial charge in [-0.25, -0.2) is 21.6 Å². The molecule has 130 valence electrons. The Labute approximate surface area is 138 Å². The van der Waals surface area contributed by atoms with Gasteiger partial charge in [0, 0.05) is 25.2 Å². The van der Waals surface area contributed by atoms with E-state index >= 15 is 0 Å². The molecule has 2 rings (SSSR count). The lowest BCUT2D eigenvalue weighted by atomic mass is 9.89. The van der Waals surface area contributed by atoms with Crippen LogP contribution in [0.2, 0.25) is 0 Å². The molecule has 7 nitrogen and oxygen atoms in total. The van der Waals surface area contributed by atoms with E-state index in [-0.39, 0.29) is 21.9 Å². The first-order chi connectivity index (χ1) is 10.7. The van der Waals surface area contributed by atoms with Gasteiger partial charge in [-0.3, -0.25) is 0 Å². The van der Waals surface area contributed by atoms with E-state index in [1.165, 1.54) is 28.6 Å². The van der Waals surface area contributed by atoms with Gasteiger partial charge in [0.2, 0.25) is 20.0 Å². The molecule has 3 N–H and O–H groups in total. The van der Waals surface area contributed by atoms with E-state index in [4.69, 9.17) is 5.73 Å². The van der Waals surface area contributed by atoms with Crippen molar-refractivity contribution >= 4 is 20.0 Å². The Kier molecular flexibility index (Phi) is 5.47. The number of nitrogens with two attached hydrogens (primary N) is 1. The van der Waals surface area contributed by atoms with Crippen molar-refractivity contribution in [3.8, 4) is 0 Å². The molecule has 0 amide bonds. The maximum Gasteiger partial charge on any atom is 0.243 e. The first kappa shape index (κ1) is 18.3. The minimum atomic E-state index is -3.75. The molecule has 1 aliphatic carbocycles. The number of hydrogen-bond donors (Lipinski definition) is 2. The second-order valence-corrected chi connectivity index (χ2v) is 9.27. The largest absolute Gasteiger partial charge is 0.328 e. The van der Waals surface area contributed by atoms with E-state index in [1.54, 1.807) is 13.8 Å². The van der Waals surface area contributed by atoms with Gasteiger partial charge in [0.1, 0.15) is 0 Å². The molecule has 1 aliphatic rings. The van der Waals surface area contributed by atoms with Gasteiger partial charge < -0.3 is 5.73 Å². The topological polar surface area (TPSA) is 110 Å². The fourth-order valence-electron chi connectivity index (χ4n) is 2.56. The van der Waals surface area contributed by atoms with Crippen LogP contribution in [0.4, 0.5) is 0 Å². The number of nitrogens with zero attached hydrogens (tertiary/aromatic N) is 1. The van der Waals surface area contributed by atoms with Crippen molar-refractivity contribution in [1.82, 2.24) is 9.03 Å². The van der Waals surface area contributed by atoms with Gasteiger partial charge in [-0.2, -0.15) is 4.31 Å². The van der Waals surface area contributed by atoms with Gasteiger partial charge in [-0.05, 0) is 31.0 Å². The zero-order valence-electron chi connectivity index (χ0n) is 13.3. The van der Waals surface area contributed by atoms with Gasteiger partial charge in [-0.15, -0.1) is 0 Å². The normalized spacial score (nSPS) is 22.1. The molecule has 1 saturated carbocycles. The molecule has 0 aliphatic heterocycles. The third kappa shape index (κ3) is 3.92. The van der Waals surface area contributed by atoms with E-state index in [0.29, 0.717) is 25.9 Å². The predicted molar refractivity (Wildman–Crippen MR) is 87.9 cm³/mol. The fraction of sp³-hybridized carbons (Fsp3) is 0.571. The van der Waals surface area contributed by atoms with E-state index in [2.05, 4.69) is 4.72 Å². The molecule has 0 spiro atoms. The Hall–Kier alpha value is -1.00. The van der Waals surface area contributed by atoms with Crippen LogP contribution in [0.15, 0.2) is 34.1 Å². The monoisotopic (exact) mass is 361 g/mol. The highest BCUT2D eigenvalue weighted by molar-refractivity contribution is 7.90. The average molecular weight is 361 g/mol. The number of hydrogen-bond acceptors (Lipinski definition) is 5. The van der Waals surface area contributed by atoms with Crippen LogP contribution in [0.5, 0.6) is 0 Å². The zero-order valence-corrected chi connectivity index (χ0v) is 14.9. The summed E-state index contributed by atoms with van der Waals surface area (Å²) in [6.07, 6.45) is 1.19. The van der Waals surface area contributed by atoms with Crippen LogP contribution >= 0.6 is 0 Å². The lowest BCUT2D eigenvalue weighted by molar-refractivity contribution is 0.327. The lowest BCUT2D eigenvalue weighted by Crippen LogP contribution is -2.50. The maximum atomic E-state index is 12.5. The van der Waals surface area contributed by atoms with Gasteiger partial charge in [-0.1, -0.05) is 19.9 Å². The van der Waals surface area contributed by atoms with Crippen molar-refractivity contribution in [1.29, 1.82) is 0 Å². The minimum Gasteiger partial charge on any atom is -0.328 e. The highest BCUT2D eigenvalue weighted by atomic mass is 32.2. The summed E-state index contributed by atoms with van der Waals surface area (Å²) < 4.78 is 53.6.